The predicted molar refractivity (Wildman–Crippen MR) is 84.5 cm³/mol. The quantitative estimate of drug-likeness (QED) is 0.712. The Kier molecular flexibility index (Phi) is 4.08. The predicted octanol–water partition coefficient (Wildman–Crippen LogP) is 5.01. The van der Waals surface area contributed by atoms with E-state index in [9.17, 15) is 5.11 Å². The molecule has 3 unspecified atom stereocenters. The van der Waals surface area contributed by atoms with Crippen molar-refractivity contribution in [2.75, 3.05) is 0 Å². The van der Waals surface area contributed by atoms with Gasteiger partial charge >= 0.3 is 0 Å². The lowest BCUT2D eigenvalue weighted by atomic mass is 9.64. The summed E-state index contributed by atoms with van der Waals surface area (Å²) in [4.78, 5) is 0. The van der Waals surface area contributed by atoms with Gasteiger partial charge in [-0.1, -0.05) is 37.1 Å². The van der Waals surface area contributed by atoms with Gasteiger partial charge in [-0.2, -0.15) is 0 Å². The molecule has 0 aromatic heterocycles. The van der Waals surface area contributed by atoms with E-state index < -0.39 is 0 Å². The second kappa shape index (κ2) is 5.67. The molecule has 0 aliphatic heterocycles. The number of fused-ring (bicyclic) bond motifs is 1. The average Bonchev–Trinajstić information content (AvgIpc) is 2.73. The number of hydrogen-bond donors (Lipinski definition) is 1. The highest BCUT2D eigenvalue weighted by Crippen LogP contribution is 2.57. The number of aliphatic hydroxyl groups excluding tert-OH is 1. The Morgan fingerprint density at radius 2 is 1.95 bits per heavy atom. The largest absolute Gasteiger partial charge is 0.393 e. The lowest BCUT2D eigenvalue weighted by Gasteiger charge is -2.41. The van der Waals surface area contributed by atoms with Gasteiger partial charge in [0.25, 0.3) is 0 Å². The molecular formula is C19H30O. The monoisotopic (exact) mass is 274 g/mol. The van der Waals surface area contributed by atoms with Gasteiger partial charge in [-0.3, -0.25) is 0 Å². The van der Waals surface area contributed by atoms with Crippen LogP contribution >= 0.6 is 0 Å². The molecular weight excluding hydrogens is 244 g/mol. The molecule has 1 nitrogen and oxygen atoms in total. The summed E-state index contributed by atoms with van der Waals surface area (Å²) in [5, 5.41) is 9.78. The van der Waals surface area contributed by atoms with Gasteiger partial charge in [0.1, 0.15) is 0 Å². The fraction of sp³-hybridized carbons (Fsp3) is 0.789. The zero-order valence-electron chi connectivity index (χ0n) is 13.2. The zero-order chi connectivity index (χ0) is 14.2. The first-order valence-corrected chi connectivity index (χ1v) is 8.66. The van der Waals surface area contributed by atoms with Crippen LogP contribution in [0.2, 0.25) is 0 Å². The van der Waals surface area contributed by atoms with E-state index in [2.05, 4.69) is 26.0 Å². The highest BCUT2D eigenvalue weighted by molar-refractivity contribution is 5.25. The van der Waals surface area contributed by atoms with Crippen molar-refractivity contribution in [1.82, 2.24) is 0 Å². The van der Waals surface area contributed by atoms with E-state index in [0.29, 0.717) is 5.41 Å². The number of allylic oxidation sites excluding steroid dienone is 3. The van der Waals surface area contributed by atoms with Gasteiger partial charge in [0.2, 0.25) is 0 Å². The molecule has 0 bridgehead atoms. The first kappa shape index (κ1) is 14.4. The van der Waals surface area contributed by atoms with Crippen LogP contribution in [0.4, 0.5) is 0 Å². The summed E-state index contributed by atoms with van der Waals surface area (Å²) in [6.07, 6.45) is 15.9. The van der Waals surface area contributed by atoms with Gasteiger partial charge in [-0.15, -0.1) is 0 Å². The summed E-state index contributed by atoms with van der Waals surface area (Å²) >= 11 is 0. The van der Waals surface area contributed by atoms with Gasteiger partial charge in [0, 0.05) is 0 Å². The van der Waals surface area contributed by atoms with E-state index in [4.69, 9.17) is 0 Å². The second-order valence-corrected chi connectivity index (χ2v) is 7.71. The maximum Gasteiger partial charge on any atom is 0.0577 e. The third-order valence-corrected chi connectivity index (χ3v) is 6.50. The summed E-state index contributed by atoms with van der Waals surface area (Å²) in [5.74, 6) is 1.72. The third-order valence-electron chi connectivity index (χ3n) is 6.50. The smallest absolute Gasteiger partial charge is 0.0577 e. The lowest BCUT2D eigenvalue weighted by Crippen LogP contribution is -2.31. The maximum absolute atomic E-state index is 9.78. The van der Waals surface area contributed by atoms with Gasteiger partial charge in [0.05, 0.1) is 6.10 Å². The molecule has 0 aromatic carbocycles. The fourth-order valence-corrected chi connectivity index (χ4v) is 4.94. The molecule has 0 amide bonds. The number of hydrogen-bond acceptors (Lipinski definition) is 1. The molecule has 112 valence electrons. The van der Waals surface area contributed by atoms with Crippen LogP contribution in [0.5, 0.6) is 0 Å². The lowest BCUT2D eigenvalue weighted by molar-refractivity contribution is 0.146. The summed E-state index contributed by atoms with van der Waals surface area (Å²) in [7, 11) is 0. The van der Waals surface area contributed by atoms with Crippen molar-refractivity contribution in [3.8, 4) is 0 Å². The molecule has 0 radical (unpaired) electrons. The molecule has 3 saturated carbocycles. The Balaban J connectivity index is 1.76. The summed E-state index contributed by atoms with van der Waals surface area (Å²) in [6, 6.07) is 0. The second-order valence-electron chi connectivity index (χ2n) is 7.71. The molecule has 1 N–H and O–H groups in total. The molecule has 20 heavy (non-hydrogen) atoms. The molecule has 0 spiro atoms. The van der Waals surface area contributed by atoms with Crippen LogP contribution in [0.15, 0.2) is 23.3 Å². The van der Waals surface area contributed by atoms with Crippen LogP contribution in [0.1, 0.15) is 71.6 Å². The standard InChI is InChI=1S/C19H30O/c1-14-8-11-18-16(6-4-12-19(14,18)2)10-9-15-5-3-7-17(20)13-15/h9-10,14,17-18,20H,3-8,11-13H2,1-2H3/b15-9-,16-10+/t14?,17-,18?,19?/m0/s1. The SMILES string of the molecule is CC1CCC2/C(=C/C=C3/CCC[C@H](O)C3)CCCC12C. The molecule has 0 heterocycles. The van der Waals surface area contributed by atoms with Crippen LogP contribution in [0.3, 0.4) is 0 Å². The first-order valence-electron chi connectivity index (χ1n) is 8.66. The molecule has 3 fully saturated rings. The van der Waals surface area contributed by atoms with Crippen LogP contribution in [-0.4, -0.2) is 11.2 Å². The van der Waals surface area contributed by atoms with Crippen molar-refractivity contribution in [2.24, 2.45) is 17.3 Å². The zero-order valence-corrected chi connectivity index (χ0v) is 13.2. The highest BCUT2D eigenvalue weighted by atomic mass is 16.3. The number of rotatable bonds is 1. The van der Waals surface area contributed by atoms with E-state index in [1.54, 1.807) is 5.57 Å². The first-order chi connectivity index (χ1) is 9.59. The van der Waals surface area contributed by atoms with Gasteiger partial charge in [-0.05, 0) is 75.0 Å². The van der Waals surface area contributed by atoms with E-state index >= 15 is 0 Å². The molecule has 3 aliphatic rings. The van der Waals surface area contributed by atoms with Crippen LogP contribution < -0.4 is 0 Å². The van der Waals surface area contributed by atoms with Crippen molar-refractivity contribution in [2.45, 2.75) is 77.7 Å². The minimum atomic E-state index is -0.0866. The van der Waals surface area contributed by atoms with Crippen LogP contribution in [0, 0.1) is 17.3 Å². The normalized spacial score (nSPS) is 45.9. The summed E-state index contributed by atoms with van der Waals surface area (Å²) in [5.41, 5.74) is 3.74. The van der Waals surface area contributed by atoms with Crippen LogP contribution in [-0.2, 0) is 0 Å². The van der Waals surface area contributed by atoms with E-state index in [1.165, 1.54) is 44.1 Å². The number of aliphatic hydroxyl groups is 1. The third kappa shape index (κ3) is 2.62. The Morgan fingerprint density at radius 3 is 2.75 bits per heavy atom. The topological polar surface area (TPSA) is 20.2 Å². The molecule has 4 atom stereocenters. The molecule has 1 heteroatoms. The average molecular weight is 274 g/mol. The van der Waals surface area contributed by atoms with E-state index in [0.717, 1.165) is 31.1 Å². The van der Waals surface area contributed by atoms with Gasteiger partial charge < -0.3 is 5.11 Å². The summed E-state index contributed by atoms with van der Waals surface area (Å²) < 4.78 is 0. The van der Waals surface area contributed by atoms with Crippen molar-refractivity contribution in [3.05, 3.63) is 23.3 Å². The van der Waals surface area contributed by atoms with Crippen molar-refractivity contribution in [1.29, 1.82) is 0 Å². The molecule has 0 saturated heterocycles. The Morgan fingerprint density at radius 1 is 1.10 bits per heavy atom. The highest BCUT2D eigenvalue weighted by Gasteiger charge is 2.46. The Labute approximate surface area is 124 Å². The van der Waals surface area contributed by atoms with Crippen molar-refractivity contribution < 1.29 is 5.11 Å². The van der Waals surface area contributed by atoms with Gasteiger partial charge in [-0.25, -0.2) is 0 Å². The Hall–Kier alpha value is -0.560. The molecule has 3 rings (SSSR count). The Bertz CT molecular complexity index is 419. The van der Waals surface area contributed by atoms with Gasteiger partial charge in [0.15, 0.2) is 0 Å². The molecule has 0 aromatic rings. The van der Waals surface area contributed by atoms with Crippen molar-refractivity contribution >= 4 is 0 Å². The maximum atomic E-state index is 9.78. The summed E-state index contributed by atoms with van der Waals surface area (Å²) in [6.45, 7) is 4.98. The molecule has 3 aliphatic carbocycles. The van der Waals surface area contributed by atoms with Crippen LogP contribution in [0.25, 0.3) is 0 Å². The minimum absolute atomic E-state index is 0.0866. The van der Waals surface area contributed by atoms with E-state index in [-0.39, 0.29) is 6.10 Å². The van der Waals surface area contributed by atoms with E-state index in [1.807, 2.05) is 0 Å². The fourth-order valence-electron chi connectivity index (χ4n) is 4.94. The van der Waals surface area contributed by atoms with Crippen molar-refractivity contribution in [3.63, 3.8) is 0 Å². The minimum Gasteiger partial charge on any atom is -0.393 e.